The van der Waals surface area contributed by atoms with Crippen molar-refractivity contribution >= 4 is 17.3 Å². The van der Waals surface area contributed by atoms with Gasteiger partial charge in [-0.15, -0.1) is 0 Å². The lowest BCUT2D eigenvalue weighted by Gasteiger charge is -2.36. The highest BCUT2D eigenvalue weighted by atomic mass is 32.1. The number of nitrogens with zero attached hydrogens (tertiary/aromatic N) is 2. The Morgan fingerprint density at radius 3 is 2.42 bits per heavy atom. The van der Waals surface area contributed by atoms with Gasteiger partial charge in [0.25, 0.3) is 0 Å². The maximum Gasteiger partial charge on any atom is 0.416 e. The molecular weight excluding hydrogens is 363 g/mol. The van der Waals surface area contributed by atoms with Crippen LogP contribution >= 0.6 is 12.2 Å². The predicted octanol–water partition coefficient (Wildman–Crippen LogP) is 2.88. The summed E-state index contributed by atoms with van der Waals surface area (Å²) < 4.78 is 43.4. The molecule has 0 bridgehead atoms. The lowest BCUT2D eigenvalue weighted by Crippen LogP contribution is -2.52. The summed E-state index contributed by atoms with van der Waals surface area (Å²) in [6.07, 6.45) is -1.83. The molecule has 26 heavy (non-hydrogen) atoms. The third-order valence-corrected chi connectivity index (χ3v) is 5.25. The van der Waals surface area contributed by atoms with Gasteiger partial charge in [-0.1, -0.05) is 12.1 Å². The number of rotatable bonds is 4. The van der Waals surface area contributed by atoms with Crippen molar-refractivity contribution in [2.75, 3.05) is 39.3 Å². The first-order valence-corrected chi connectivity index (χ1v) is 9.35. The van der Waals surface area contributed by atoms with Crippen molar-refractivity contribution in [2.24, 2.45) is 0 Å². The van der Waals surface area contributed by atoms with Gasteiger partial charge in [0.15, 0.2) is 5.11 Å². The molecule has 1 aromatic carbocycles. The third-order valence-electron chi connectivity index (χ3n) is 4.85. The molecule has 3 rings (SSSR count). The van der Waals surface area contributed by atoms with Gasteiger partial charge in [0.1, 0.15) is 0 Å². The Balaban J connectivity index is 1.41. The summed E-state index contributed by atoms with van der Waals surface area (Å²) in [5.74, 6) is 0. The quantitative estimate of drug-likeness (QED) is 0.802. The molecule has 2 saturated heterocycles. The molecule has 2 aliphatic heterocycles. The molecule has 0 aliphatic carbocycles. The zero-order chi connectivity index (χ0) is 18.6. The summed E-state index contributed by atoms with van der Waals surface area (Å²) >= 11 is 5.46. The van der Waals surface area contributed by atoms with Crippen LogP contribution < -0.4 is 5.32 Å². The highest BCUT2D eigenvalue weighted by Gasteiger charge is 2.30. The van der Waals surface area contributed by atoms with Gasteiger partial charge < -0.3 is 15.0 Å². The molecule has 2 fully saturated rings. The van der Waals surface area contributed by atoms with Gasteiger partial charge in [-0.05, 0) is 42.8 Å². The number of ether oxygens (including phenoxy) is 1. The molecule has 0 radical (unpaired) electrons. The summed E-state index contributed by atoms with van der Waals surface area (Å²) in [6.45, 7) is 5.55. The molecule has 0 unspecified atom stereocenters. The Labute approximate surface area is 157 Å². The van der Waals surface area contributed by atoms with E-state index < -0.39 is 11.7 Å². The molecule has 8 heteroatoms. The summed E-state index contributed by atoms with van der Waals surface area (Å²) in [5.41, 5.74) is 0.291. The van der Waals surface area contributed by atoms with Crippen molar-refractivity contribution in [1.29, 1.82) is 0 Å². The van der Waals surface area contributed by atoms with Crippen molar-refractivity contribution in [3.05, 3.63) is 35.4 Å². The number of benzene rings is 1. The SMILES string of the molecule is FC(F)(F)c1ccc(CN2CCN(C(=S)NC[C@H]3CCCO3)CC2)cc1. The van der Waals surface area contributed by atoms with Crippen molar-refractivity contribution in [1.82, 2.24) is 15.1 Å². The van der Waals surface area contributed by atoms with Gasteiger partial charge in [0, 0.05) is 45.9 Å². The van der Waals surface area contributed by atoms with E-state index in [1.165, 1.54) is 0 Å². The molecule has 0 aromatic heterocycles. The summed E-state index contributed by atoms with van der Waals surface area (Å²) in [5, 5.41) is 4.05. The molecule has 4 nitrogen and oxygen atoms in total. The number of hydrogen-bond acceptors (Lipinski definition) is 3. The Morgan fingerprint density at radius 2 is 1.85 bits per heavy atom. The molecular formula is C18H24F3N3OS. The van der Waals surface area contributed by atoms with E-state index in [2.05, 4.69) is 15.1 Å². The number of thiocarbonyl (C=S) groups is 1. The first-order chi connectivity index (χ1) is 12.4. The molecule has 1 atom stereocenters. The highest BCUT2D eigenvalue weighted by molar-refractivity contribution is 7.80. The minimum Gasteiger partial charge on any atom is -0.376 e. The van der Waals surface area contributed by atoms with Crippen LogP contribution in [0.25, 0.3) is 0 Å². The van der Waals surface area contributed by atoms with Gasteiger partial charge in [-0.25, -0.2) is 0 Å². The van der Waals surface area contributed by atoms with Crippen LogP contribution in [0.1, 0.15) is 24.0 Å². The smallest absolute Gasteiger partial charge is 0.376 e. The second-order valence-corrected chi connectivity index (χ2v) is 7.17. The topological polar surface area (TPSA) is 27.7 Å². The summed E-state index contributed by atoms with van der Waals surface area (Å²) in [7, 11) is 0. The fraction of sp³-hybridized carbons (Fsp3) is 0.611. The van der Waals surface area contributed by atoms with Crippen LogP contribution in [0.3, 0.4) is 0 Å². The Morgan fingerprint density at radius 1 is 1.15 bits per heavy atom. The van der Waals surface area contributed by atoms with Gasteiger partial charge in [0.05, 0.1) is 11.7 Å². The van der Waals surface area contributed by atoms with E-state index in [-0.39, 0.29) is 6.10 Å². The Bertz CT molecular complexity index is 595. The van der Waals surface area contributed by atoms with Crippen LogP contribution in [0.5, 0.6) is 0 Å². The maximum atomic E-state index is 12.6. The van der Waals surface area contributed by atoms with Crippen LogP contribution in [0, 0.1) is 0 Å². The first kappa shape index (κ1) is 19.4. The van der Waals surface area contributed by atoms with Gasteiger partial charge in [-0.3, -0.25) is 4.90 Å². The number of nitrogens with one attached hydrogen (secondary N) is 1. The Hall–Kier alpha value is -1.38. The van der Waals surface area contributed by atoms with E-state index in [4.69, 9.17) is 17.0 Å². The fourth-order valence-electron chi connectivity index (χ4n) is 3.28. The molecule has 1 N–H and O–H groups in total. The molecule has 0 spiro atoms. The fourth-order valence-corrected chi connectivity index (χ4v) is 3.55. The molecule has 2 heterocycles. The summed E-state index contributed by atoms with van der Waals surface area (Å²) in [6, 6.07) is 5.41. The molecule has 0 saturated carbocycles. The number of hydrogen-bond donors (Lipinski definition) is 1. The minimum atomic E-state index is -4.28. The Kier molecular flexibility index (Phi) is 6.37. The first-order valence-electron chi connectivity index (χ1n) is 8.95. The van der Waals surface area contributed by atoms with E-state index in [9.17, 15) is 13.2 Å². The number of halogens is 3. The van der Waals surface area contributed by atoms with Crippen LogP contribution in [0.2, 0.25) is 0 Å². The van der Waals surface area contributed by atoms with Gasteiger partial charge in [0.2, 0.25) is 0 Å². The molecule has 144 valence electrons. The van der Waals surface area contributed by atoms with Crippen molar-refractivity contribution in [2.45, 2.75) is 31.7 Å². The molecule has 1 aromatic rings. The summed E-state index contributed by atoms with van der Waals surface area (Å²) in [4.78, 5) is 4.38. The van der Waals surface area contributed by atoms with Gasteiger partial charge in [-0.2, -0.15) is 13.2 Å². The van der Waals surface area contributed by atoms with Crippen molar-refractivity contribution in [3.63, 3.8) is 0 Å². The lowest BCUT2D eigenvalue weighted by atomic mass is 10.1. The van der Waals surface area contributed by atoms with Crippen LogP contribution in [0.4, 0.5) is 13.2 Å². The lowest BCUT2D eigenvalue weighted by molar-refractivity contribution is -0.137. The van der Waals surface area contributed by atoms with E-state index in [1.807, 2.05) is 0 Å². The maximum absolute atomic E-state index is 12.6. The standard InChI is InChI=1S/C18H24F3N3OS/c19-18(20,21)15-5-3-14(4-6-15)13-23-7-9-24(10-8-23)17(26)22-12-16-2-1-11-25-16/h3-6,16H,1-2,7-13H2,(H,22,26)/t16-/m1/s1. The van der Waals surface area contributed by atoms with Crippen molar-refractivity contribution in [3.8, 4) is 0 Å². The predicted molar refractivity (Wildman–Crippen MR) is 97.9 cm³/mol. The van der Waals surface area contributed by atoms with E-state index in [0.717, 1.165) is 75.0 Å². The van der Waals surface area contributed by atoms with Crippen molar-refractivity contribution < 1.29 is 17.9 Å². The number of piperazine rings is 1. The van der Waals surface area contributed by atoms with Crippen LogP contribution in [-0.2, 0) is 17.5 Å². The minimum absolute atomic E-state index is 0.258. The third kappa shape index (κ3) is 5.31. The van der Waals surface area contributed by atoms with Crippen LogP contribution in [-0.4, -0.2) is 60.3 Å². The molecule has 2 aliphatic rings. The van der Waals surface area contributed by atoms with E-state index in [1.54, 1.807) is 12.1 Å². The average Bonchev–Trinajstić information content (AvgIpc) is 3.13. The van der Waals surface area contributed by atoms with E-state index in [0.29, 0.717) is 6.54 Å². The highest BCUT2D eigenvalue weighted by Crippen LogP contribution is 2.29. The van der Waals surface area contributed by atoms with Crippen LogP contribution in [0.15, 0.2) is 24.3 Å². The largest absolute Gasteiger partial charge is 0.416 e. The average molecular weight is 387 g/mol. The monoisotopic (exact) mass is 387 g/mol. The van der Waals surface area contributed by atoms with Gasteiger partial charge >= 0.3 is 6.18 Å². The zero-order valence-corrected chi connectivity index (χ0v) is 15.4. The second-order valence-electron chi connectivity index (χ2n) is 6.78. The normalized spacial score (nSPS) is 21.8. The molecule has 0 amide bonds. The second kappa shape index (κ2) is 8.54. The van der Waals surface area contributed by atoms with E-state index >= 15 is 0 Å². The zero-order valence-electron chi connectivity index (χ0n) is 14.6. The number of alkyl halides is 3.